The number of quaternary nitrogens is 1. The van der Waals surface area contributed by atoms with Crippen LogP contribution in [0.5, 0.6) is 0 Å². The zero-order valence-electron chi connectivity index (χ0n) is 12.1. The Kier molecular flexibility index (Phi) is 5.62. The molecule has 0 aromatic heterocycles. The number of nitrogens with zero attached hydrogens (tertiary/aromatic N) is 2. The van der Waals surface area contributed by atoms with Crippen molar-refractivity contribution in [1.82, 2.24) is 0 Å². The van der Waals surface area contributed by atoms with Gasteiger partial charge in [-0.2, -0.15) is 4.89 Å². The lowest BCUT2D eigenvalue weighted by molar-refractivity contribution is -0.903. The smallest absolute Gasteiger partial charge is 0.321 e. The lowest BCUT2D eigenvalue weighted by atomic mass is 10.2. The van der Waals surface area contributed by atoms with Crippen molar-refractivity contribution in [1.29, 1.82) is 0 Å². The fourth-order valence-electron chi connectivity index (χ4n) is 2.10. The summed E-state index contributed by atoms with van der Waals surface area (Å²) in [5.41, 5.74) is 0.307. The average Bonchev–Trinajstić information content (AvgIpc) is 2.69. The van der Waals surface area contributed by atoms with Gasteiger partial charge in [0.1, 0.15) is 19.7 Å². The monoisotopic (exact) mass is 272 g/mol. The second-order valence-corrected chi connectivity index (χ2v) is 5.75. The summed E-state index contributed by atoms with van der Waals surface area (Å²) in [4.78, 5) is 32.1. The first kappa shape index (κ1) is 15.8. The second kappa shape index (κ2) is 6.77. The molecule has 0 aliphatic carbocycles. The fraction of sp³-hybridized carbons (Fsp3) is 0.769. The van der Waals surface area contributed by atoms with Crippen LogP contribution in [0.2, 0.25) is 0 Å². The Hall–Kier alpha value is -1.27. The molecule has 0 amide bonds. The molecule has 0 radical (unpaired) electrons. The van der Waals surface area contributed by atoms with Crippen molar-refractivity contribution in [3.63, 3.8) is 0 Å². The Balaban J connectivity index is 2.25. The van der Waals surface area contributed by atoms with Crippen molar-refractivity contribution >= 4 is 5.97 Å². The summed E-state index contributed by atoms with van der Waals surface area (Å²) in [5, 5.41) is 0. The Labute approximate surface area is 114 Å². The number of carbonyl (C=O) groups is 1. The van der Waals surface area contributed by atoms with Gasteiger partial charge in [-0.3, -0.25) is 4.89 Å². The van der Waals surface area contributed by atoms with E-state index < -0.39 is 5.97 Å². The standard InChI is InChI=1S/C13H24N2O4/c1-11(2)13(16)19-18-9-8-15(3,4)10-12-6-5-7-14(12)17/h12H,1,5-10H2,2-4H3/q+2. The molecule has 0 spiro atoms. The number of carbonyl (C=O) groups excluding carboxylic acids is 1. The third kappa shape index (κ3) is 5.48. The molecule has 108 valence electrons. The summed E-state index contributed by atoms with van der Waals surface area (Å²) in [6.07, 6.45) is 1.93. The van der Waals surface area contributed by atoms with E-state index in [9.17, 15) is 9.70 Å². The Morgan fingerprint density at radius 3 is 2.68 bits per heavy atom. The largest absolute Gasteiger partial charge is 0.368 e. The normalized spacial score (nSPS) is 19.5. The number of hydrogen-bond donors (Lipinski definition) is 0. The molecule has 19 heavy (non-hydrogen) atoms. The van der Waals surface area contributed by atoms with Crippen LogP contribution < -0.4 is 0 Å². The van der Waals surface area contributed by atoms with Crippen LogP contribution in [0.4, 0.5) is 0 Å². The highest BCUT2D eigenvalue weighted by Gasteiger charge is 2.37. The summed E-state index contributed by atoms with van der Waals surface area (Å²) in [5.74, 6) is -0.549. The zero-order valence-corrected chi connectivity index (χ0v) is 12.1. The Bertz CT molecular complexity index is 366. The summed E-state index contributed by atoms with van der Waals surface area (Å²) in [6, 6.07) is 0.0907. The lowest BCUT2D eigenvalue weighted by Gasteiger charge is -2.29. The van der Waals surface area contributed by atoms with E-state index >= 15 is 0 Å². The van der Waals surface area contributed by atoms with Crippen LogP contribution in [0.25, 0.3) is 0 Å². The van der Waals surface area contributed by atoms with E-state index in [1.54, 1.807) is 6.92 Å². The molecule has 1 aliphatic rings. The predicted octanol–water partition coefficient (Wildman–Crippen LogP) is 1.06. The third-order valence-corrected chi connectivity index (χ3v) is 3.29. The molecule has 1 saturated heterocycles. The van der Waals surface area contributed by atoms with Gasteiger partial charge in [0, 0.05) is 28.1 Å². The third-order valence-electron chi connectivity index (χ3n) is 3.29. The van der Waals surface area contributed by atoms with Gasteiger partial charge in [0.15, 0.2) is 6.54 Å². The highest BCUT2D eigenvalue weighted by Crippen LogP contribution is 2.14. The van der Waals surface area contributed by atoms with Gasteiger partial charge >= 0.3 is 5.97 Å². The zero-order chi connectivity index (χ0) is 14.5. The van der Waals surface area contributed by atoms with E-state index in [1.165, 1.54) is 4.76 Å². The summed E-state index contributed by atoms with van der Waals surface area (Å²) in [6.45, 7) is 7.42. The lowest BCUT2D eigenvalue weighted by Crippen LogP contribution is -2.48. The van der Waals surface area contributed by atoms with Crippen LogP contribution in [-0.2, 0) is 14.6 Å². The molecule has 1 fully saturated rings. The van der Waals surface area contributed by atoms with E-state index in [1.807, 2.05) is 14.1 Å². The van der Waals surface area contributed by atoms with Crippen molar-refractivity contribution in [3.8, 4) is 0 Å². The number of nitroso groups, excluding NO2 is 1. The molecule has 6 heteroatoms. The van der Waals surface area contributed by atoms with Gasteiger partial charge in [-0.1, -0.05) is 6.58 Å². The first-order chi connectivity index (χ1) is 8.82. The van der Waals surface area contributed by atoms with Crippen molar-refractivity contribution < 1.29 is 23.8 Å². The molecule has 1 rings (SSSR count). The first-order valence-electron chi connectivity index (χ1n) is 6.57. The van der Waals surface area contributed by atoms with Gasteiger partial charge in [-0.15, -0.1) is 0 Å². The van der Waals surface area contributed by atoms with Crippen LogP contribution in [0.15, 0.2) is 12.2 Å². The second-order valence-electron chi connectivity index (χ2n) is 5.75. The molecule has 0 N–H and O–H groups in total. The van der Waals surface area contributed by atoms with Gasteiger partial charge in [0.2, 0.25) is 6.04 Å². The van der Waals surface area contributed by atoms with E-state index in [2.05, 4.69) is 11.5 Å². The molecular formula is C13H24N2O4+2. The maximum absolute atomic E-state index is 11.5. The van der Waals surface area contributed by atoms with Gasteiger partial charge in [0.25, 0.3) is 0 Å². The van der Waals surface area contributed by atoms with Crippen LogP contribution in [0.3, 0.4) is 0 Å². The molecule has 0 bridgehead atoms. The van der Waals surface area contributed by atoms with Crippen molar-refractivity contribution in [2.75, 3.05) is 40.3 Å². The molecule has 1 unspecified atom stereocenters. The summed E-state index contributed by atoms with van der Waals surface area (Å²) < 4.78 is 1.83. The number of likely N-dealkylation sites (N-methyl/N-ethyl adjacent to an activating group) is 1. The van der Waals surface area contributed by atoms with Crippen LogP contribution in [-0.4, -0.2) is 61.6 Å². The topological polar surface area (TPSA) is 55.6 Å². The van der Waals surface area contributed by atoms with E-state index in [-0.39, 0.29) is 6.04 Å². The van der Waals surface area contributed by atoms with Gasteiger partial charge in [-0.25, -0.2) is 4.79 Å². The van der Waals surface area contributed by atoms with Crippen molar-refractivity contribution in [2.24, 2.45) is 0 Å². The minimum atomic E-state index is -0.549. The quantitative estimate of drug-likeness (QED) is 0.174. The molecule has 1 heterocycles. The molecule has 0 saturated carbocycles. The molecule has 0 aromatic carbocycles. The van der Waals surface area contributed by atoms with Crippen molar-refractivity contribution in [3.05, 3.63) is 17.1 Å². The number of rotatable bonds is 7. The van der Waals surface area contributed by atoms with E-state index in [0.29, 0.717) is 29.8 Å². The SMILES string of the molecule is C=C(C)C(=O)OOCC[N+](C)(C)CC1CCC[N+]1=O. The van der Waals surface area contributed by atoms with Crippen LogP contribution in [0.1, 0.15) is 19.8 Å². The highest BCUT2D eigenvalue weighted by molar-refractivity contribution is 5.86. The fourth-order valence-corrected chi connectivity index (χ4v) is 2.10. The minimum Gasteiger partial charge on any atom is -0.321 e. The van der Waals surface area contributed by atoms with E-state index in [0.717, 1.165) is 19.4 Å². The molecule has 0 aromatic rings. The number of hydrogen-bond acceptors (Lipinski definition) is 4. The summed E-state index contributed by atoms with van der Waals surface area (Å²) >= 11 is 0. The van der Waals surface area contributed by atoms with Crippen molar-refractivity contribution in [2.45, 2.75) is 25.8 Å². The molecule has 6 nitrogen and oxygen atoms in total. The maximum atomic E-state index is 11.5. The van der Waals surface area contributed by atoms with E-state index in [4.69, 9.17) is 4.89 Å². The first-order valence-corrected chi connectivity index (χ1v) is 6.57. The van der Waals surface area contributed by atoms with Gasteiger partial charge in [-0.05, 0) is 6.92 Å². The molecule has 1 atom stereocenters. The average molecular weight is 272 g/mol. The van der Waals surface area contributed by atoms with Crippen LogP contribution in [0, 0.1) is 4.91 Å². The van der Waals surface area contributed by atoms with Crippen LogP contribution >= 0.6 is 0 Å². The maximum Gasteiger partial charge on any atom is 0.368 e. The molecular weight excluding hydrogens is 248 g/mol. The predicted molar refractivity (Wildman–Crippen MR) is 70.2 cm³/mol. The minimum absolute atomic E-state index is 0.0907. The Morgan fingerprint density at radius 2 is 2.16 bits per heavy atom. The highest BCUT2D eigenvalue weighted by atomic mass is 17.2. The van der Waals surface area contributed by atoms with Gasteiger partial charge < -0.3 is 4.48 Å². The Morgan fingerprint density at radius 1 is 1.47 bits per heavy atom. The van der Waals surface area contributed by atoms with Gasteiger partial charge in [0.05, 0.1) is 14.1 Å². The molecule has 1 aliphatic heterocycles. The summed E-state index contributed by atoms with van der Waals surface area (Å²) in [7, 11) is 4.08.